The van der Waals surface area contributed by atoms with Crippen LogP contribution >= 0.6 is 12.4 Å². The highest BCUT2D eigenvalue weighted by Gasteiger charge is 2.18. The number of anilines is 1. The van der Waals surface area contributed by atoms with Crippen LogP contribution < -0.4 is 15.4 Å². The maximum Gasteiger partial charge on any atom is 0.262 e. The number of rotatable bonds is 6. The highest BCUT2D eigenvalue weighted by Crippen LogP contribution is 2.16. The second-order valence-corrected chi connectivity index (χ2v) is 6.65. The van der Waals surface area contributed by atoms with E-state index >= 15 is 0 Å². The number of hydrogen-bond acceptors (Lipinski definition) is 5. The Morgan fingerprint density at radius 3 is 2.78 bits per heavy atom. The topological polar surface area (TPSA) is 99.7 Å². The molecule has 1 heterocycles. The second-order valence-electron chi connectivity index (χ2n) is 4.97. The Kier molecular flexibility index (Phi) is 7.47. The van der Waals surface area contributed by atoms with E-state index in [9.17, 15) is 13.2 Å². The summed E-state index contributed by atoms with van der Waals surface area (Å²) in [6.07, 6.45) is 1.82. The minimum atomic E-state index is -3.66. The molecule has 1 amide bonds. The lowest BCUT2D eigenvalue weighted by Crippen LogP contribution is -2.29. The van der Waals surface area contributed by atoms with Crippen LogP contribution in [0, 0.1) is 0 Å². The second kappa shape index (κ2) is 8.85. The van der Waals surface area contributed by atoms with Crippen molar-refractivity contribution in [2.75, 3.05) is 25.5 Å². The summed E-state index contributed by atoms with van der Waals surface area (Å²) in [5.74, 6) is 0.320. The van der Waals surface area contributed by atoms with Gasteiger partial charge in [0.1, 0.15) is 5.84 Å². The number of aliphatic imine (C=N–C) groups is 1. The van der Waals surface area contributed by atoms with E-state index in [0.717, 1.165) is 6.42 Å². The first-order valence-electron chi connectivity index (χ1n) is 7.12. The van der Waals surface area contributed by atoms with E-state index in [2.05, 4.69) is 20.3 Å². The van der Waals surface area contributed by atoms with Crippen molar-refractivity contribution in [2.45, 2.75) is 24.2 Å². The zero-order chi connectivity index (χ0) is 16.0. The van der Waals surface area contributed by atoms with Gasteiger partial charge in [-0.1, -0.05) is 6.07 Å². The van der Waals surface area contributed by atoms with Crippen LogP contribution in [0.15, 0.2) is 34.2 Å². The van der Waals surface area contributed by atoms with E-state index in [4.69, 9.17) is 0 Å². The standard InChI is InChI=1S/C14H20N4O3S.ClH/c1-15-9-7-14(19)17-11-4-2-5-12(10-11)22(20,21)18-13-6-3-8-16-13;/h2,4-5,10,15H,3,6-9H2,1H3,(H,16,18)(H,17,19);1H. The molecule has 0 saturated carbocycles. The van der Waals surface area contributed by atoms with E-state index < -0.39 is 10.0 Å². The van der Waals surface area contributed by atoms with Crippen LogP contribution in [0.3, 0.4) is 0 Å². The van der Waals surface area contributed by atoms with E-state index in [1.54, 1.807) is 19.2 Å². The van der Waals surface area contributed by atoms with Crippen molar-refractivity contribution in [3.63, 3.8) is 0 Å². The first-order valence-corrected chi connectivity index (χ1v) is 8.60. The number of hydrogen-bond donors (Lipinski definition) is 3. The molecule has 0 saturated heterocycles. The van der Waals surface area contributed by atoms with E-state index in [0.29, 0.717) is 37.5 Å². The first-order chi connectivity index (χ1) is 10.5. The maximum atomic E-state index is 12.3. The number of sulfonamides is 1. The lowest BCUT2D eigenvalue weighted by atomic mass is 10.3. The number of benzene rings is 1. The van der Waals surface area contributed by atoms with Gasteiger partial charge >= 0.3 is 0 Å². The summed E-state index contributed by atoms with van der Waals surface area (Å²) in [6.45, 7) is 1.21. The van der Waals surface area contributed by atoms with Gasteiger partial charge in [0.15, 0.2) is 0 Å². The van der Waals surface area contributed by atoms with E-state index in [1.165, 1.54) is 12.1 Å². The van der Waals surface area contributed by atoms with Gasteiger partial charge in [0.2, 0.25) is 5.91 Å². The third-order valence-corrected chi connectivity index (χ3v) is 4.54. The lowest BCUT2D eigenvalue weighted by molar-refractivity contribution is -0.116. The molecule has 3 N–H and O–H groups in total. The van der Waals surface area contributed by atoms with Crippen LogP contribution in [0.2, 0.25) is 0 Å². The summed E-state index contributed by atoms with van der Waals surface area (Å²) in [5.41, 5.74) is 0.456. The summed E-state index contributed by atoms with van der Waals surface area (Å²) < 4.78 is 27.1. The Morgan fingerprint density at radius 1 is 1.35 bits per heavy atom. The fourth-order valence-electron chi connectivity index (χ4n) is 2.04. The monoisotopic (exact) mass is 360 g/mol. The summed E-state index contributed by atoms with van der Waals surface area (Å²) >= 11 is 0. The van der Waals surface area contributed by atoms with Gasteiger partial charge in [-0.3, -0.25) is 14.5 Å². The number of halogens is 1. The predicted octanol–water partition coefficient (Wildman–Crippen LogP) is 1.13. The van der Waals surface area contributed by atoms with Gasteiger partial charge < -0.3 is 10.6 Å². The molecule has 0 aromatic heterocycles. The zero-order valence-corrected chi connectivity index (χ0v) is 14.5. The lowest BCUT2D eigenvalue weighted by Gasteiger charge is -2.10. The van der Waals surface area contributed by atoms with Gasteiger partial charge in [-0.25, -0.2) is 8.42 Å². The Labute approximate surface area is 142 Å². The molecule has 1 aromatic rings. The fraction of sp³-hybridized carbons (Fsp3) is 0.429. The minimum absolute atomic E-state index is 0. The molecule has 0 radical (unpaired) electrons. The third-order valence-electron chi connectivity index (χ3n) is 3.16. The van der Waals surface area contributed by atoms with Crippen molar-refractivity contribution in [3.05, 3.63) is 24.3 Å². The van der Waals surface area contributed by atoms with Crippen molar-refractivity contribution < 1.29 is 13.2 Å². The van der Waals surface area contributed by atoms with Crippen molar-refractivity contribution in [1.82, 2.24) is 10.0 Å². The van der Waals surface area contributed by atoms with E-state index in [-0.39, 0.29) is 23.2 Å². The van der Waals surface area contributed by atoms with Gasteiger partial charge in [0, 0.05) is 31.6 Å². The molecule has 1 aliphatic heterocycles. The smallest absolute Gasteiger partial charge is 0.262 e. The number of amidine groups is 1. The highest BCUT2D eigenvalue weighted by atomic mass is 35.5. The molecule has 7 nitrogen and oxygen atoms in total. The Hall–Kier alpha value is -1.64. The largest absolute Gasteiger partial charge is 0.326 e. The molecule has 9 heteroatoms. The number of nitrogens with one attached hydrogen (secondary N) is 3. The molecule has 0 spiro atoms. The summed E-state index contributed by atoms with van der Waals surface area (Å²) in [6, 6.07) is 6.18. The van der Waals surface area contributed by atoms with Gasteiger partial charge in [-0.05, 0) is 31.7 Å². The van der Waals surface area contributed by atoms with Crippen LogP contribution in [-0.4, -0.2) is 40.3 Å². The number of carbonyl (C=O) groups excluding carboxylic acids is 1. The zero-order valence-electron chi connectivity index (χ0n) is 12.8. The molecule has 128 valence electrons. The number of nitrogens with zero attached hydrogens (tertiary/aromatic N) is 1. The molecule has 2 rings (SSSR count). The van der Waals surface area contributed by atoms with Crippen molar-refractivity contribution >= 4 is 39.9 Å². The van der Waals surface area contributed by atoms with Crippen LogP contribution in [0.1, 0.15) is 19.3 Å². The van der Waals surface area contributed by atoms with E-state index in [1.807, 2.05) is 0 Å². The molecule has 0 bridgehead atoms. The summed E-state index contributed by atoms with van der Waals surface area (Å²) in [4.78, 5) is 15.9. The number of amides is 1. The molecule has 1 aliphatic rings. The quantitative estimate of drug-likeness (QED) is 0.708. The van der Waals surface area contributed by atoms with Crippen LogP contribution in [0.4, 0.5) is 5.69 Å². The average molecular weight is 361 g/mol. The predicted molar refractivity (Wildman–Crippen MR) is 92.7 cm³/mol. The molecule has 0 aliphatic carbocycles. The highest BCUT2D eigenvalue weighted by molar-refractivity contribution is 7.90. The number of carbonyl (C=O) groups is 1. The van der Waals surface area contributed by atoms with Crippen molar-refractivity contribution in [3.8, 4) is 0 Å². The maximum absolute atomic E-state index is 12.3. The molecular formula is C14H21ClN4O3S. The van der Waals surface area contributed by atoms with Gasteiger partial charge in [0.25, 0.3) is 10.0 Å². The third kappa shape index (κ3) is 5.81. The van der Waals surface area contributed by atoms with Gasteiger partial charge in [-0.15, -0.1) is 12.4 Å². The van der Waals surface area contributed by atoms with Crippen LogP contribution in [0.25, 0.3) is 0 Å². The summed E-state index contributed by atoms with van der Waals surface area (Å²) in [7, 11) is -1.90. The summed E-state index contributed by atoms with van der Waals surface area (Å²) in [5, 5.41) is 5.56. The molecule has 0 fully saturated rings. The molecule has 0 unspecified atom stereocenters. The Morgan fingerprint density at radius 2 is 2.13 bits per heavy atom. The normalized spacial score (nSPS) is 13.9. The molecule has 1 aromatic carbocycles. The Bertz CT molecular complexity index is 676. The first kappa shape index (κ1) is 19.4. The van der Waals surface area contributed by atoms with Crippen LogP contribution in [-0.2, 0) is 14.8 Å². The van der Waals surface area contributed by atoms with Crippen molar-refractivity contribution in [2.24, 2.45) is 4.99 Å². The minimum Gasteiger partial charge on any atom is -0.326 e. The average Bonchev–Trinajstić information content (AvgIpc) is 2.97. The SMILES string of the molecule is CNCCC(=O)Nc1cccc(S(=O)(=O)NC2=NCCC2)c1.Cl. The molecule has 23 heavy (non-hydrogen) atoms. The van der Waals surface area contributed by atoms with Crippen molar-refractivity contribution in [1.29, 1.82) is 0 Å². The Balaban J connectivity index is 0.00000264. The van der Waals surface area contributed by atoms with Gasteiger partial charge in [-0.2, -0.15) is 0 Å². The fourth-order valence-corrected chi connectivity index (χ4v) is 3.17. The molecular weight excluding hydrogens is 340 g/mol. The van der Waals surface area contributed by atoms with Gasteiger partial charge in [0.05, 0.1) is 4.90 Å². The van der Waals surface area contributed by atoms with Crippen LogP contribution in [0.5, 0.6) is 0 Å². The molecule has 0 atom stereocenters.